The van der Waals surface area contributed by atoms with Crippen LogP contribution in [0.5, 0.6) is 5.75 Å². The predicted octanol–water partition coefficient (Wildman–Crippen LogP) is 3.44. The summed E-state index contributed by atoms with van der Waals surface area (Å²) in [5.74, 6) is 0.0333. The van der Waals surface area contributed by atoms with Crippen LogP contribution in [0.3, 0.4) is 0 Å². The third-order valence-electron chi connectivity index (χ3n) is 4.82. The average molecular weight is 478 g/mol. The van der Waals surface area contributed by atoms with Gasteiger partial charge in [-0.15, -0.1) is 0 Å². The smallest absolute Gasteiger partial charge is 0.227 e. The Morgan fingerprint density at radius 2 is 1.86 bits per heavy atom. The number of halogens is 1. The van der Waals surface area contributed by atoms with Crippen molar-refractivity contribution < 1.29 is 13.9 Å². The van der Waals surface area contributed by atoms with E-state index in [2.05, 4.69) is 30.7 Å². The first-order valence-corrected chi connectivity index (χ1v) is 11.0. The molecule has 2 N–H and O–H groups in total. The number of ether oxygens (including phenoxy) is 1. The highest BCUT2D eigenvalue weighted by Crippen LogP contribution is 2.23. The van der Waals surface area contributed by atoms with Gasteiger partial charge in [-0.2, -0.15) is 5.10 Å². The topological polar surface area (TPSA) is 107 Å². The van der Waals surface area contributed by atoms with Gasteiger partial charge in [0, 0.05) is 30.4 Å². The van der Waals surface area contributed by atoms with Crippen LogP contribution in [0.25, 0.3) is 0 Å². The lowest BCUT2D eigenvalue weighted by Crippen LogP contribution is -2.02. The van der Waals surface area contributed by atoms with E-state index in [1.54, 1.807) is 29.5 Å². The van der Waals surface area contributed by atoms with Crippen LogP contribution in [-0.2, 0) is 19.4 Å². The first-order valence-electron chi connectivity index (χ1n) is 11.0. The van der Waals surface area contributed by atoms with Gasteiger partial charge in [-0.25, -0.2) is 14.4 Å². The van der Waals surface area contributed by atoms with Gasteiger partial charge in [-0.05, 0) is 62.3 Å². The van der Waals surface area contributed by atoms with Crippen molar-refractivity contribution in [3.05, 3.63) is 89.5 Å². The quantitative estimate of drug-likeness (QED) is 0.353. The van der Waals surface area contributed by atoms with E-state index in [1.165, 1.54) is 19.2 Å². The number of aryl methyl sites for hydroxylation is 2. The number of aromatic nitrogens is 5. The fraction of sp³-hybridized carbons (Fsp3) is 0.240. The summed E-state index contributed by atoms with van der Waals surface area (Å²) >= 11 is 0. The summed E-state index contributed by atoms with van der Waals surface area (Å²) in [4.78, 5) is 24.0. The number of hydrogen-bond acceptors (Lipinski definition) is 8. The zero-order valence-electron chi connectivity index (χ0n) is 19.9. The van der Waals surface area contributed by atoms with Crippen molar-refractivity contribution in [2.75, 3.05) is 26.5 Å². The molecule has 3 aromatic heterocycles. The SMILES string of the molecule is CNC.COc1cc(C=O)cc(CCc2cnc(Nc3cnn(Cc4ccccn4)c3)nc2)c1F. The Labute approximate surface area is 203 Å². The van der Waals surface area contributed by atoms with Gasteiger partial charge in [0.2, 0.25) is 5.95 Å². The van der Waals surface area contributed by atoms with Gasteiger partial charge >= 0.3 is 0 Å². The van der Waals surface area contributed by atoms with E-state index < -0.39 is 5.82 Å². The van der Waals surface area contributed by atoms with Crippen LogP contribution < -0.4 is 15.4 Å². The fourth-order valence-electron chi connectivity index (χ4n) is 3.21. The third-order valence-corrected chi connectivity index (χ3v) is 4.82. The second-order valence-corrected chi connectivity index (χ2v) is 7.60. The molecule has 4 aromatic rings. The maximum Gasteiger partial charge on any atom is 0.227 e. The number of carbonyl (C=O) groups excluding carboxylic acids is 1. The molecule has 0 saturated heterocycles. The van der Waals surface area contributed by atoms with Crippen molar-refractivity contribution in [3.63, 3.8) is 0 Å². The Morgan fingerprint density at radius 3 is 2.51 bits per heavy atom. The molecule has 0 aliphatic heterocycles. The molecule has 0 unspecified atom stereocenters. The van der Waals surface area contributed by atoms with E-state index >= 15 is 0 Å². The Balaban J connectivity index is 0.00000108. The molecule has 0 radical (unpaired) electrons. The van der Waals surface area contributed by atoms with E-state index in [1.807, 2.05) is 38.5 Å². The molecule has 0 saturated carbocycles. The lowest BCUT2D eigenvalue weighted by Gasteiger charge is -2.09. The number of nitrogens with zero attached hydrogens (tertiary/aromatic N) is 5. The first kappa shape index (κ1) is 25.4. The molecule has 1 aromatic carbocycles. The highest BCUT2D eigenvalue weighted by atomic mass is 19.1. The molecule has 0 aliphatic carbocycles. The van der Waals surface area contributed by atoms with Crippen molar-refractivity contribution in [1.82, 2.24) is 30.0 Å². The van der Waals surface area contributed by atoms with Crippen molar-refractivity contribution in [3.8, 4) is 5.75 Å². The summed E-state index contributed by atoms with van der Waals surface area (Å²) in [5, 5.41) is 10.2. The molecule has 0 fully saturated rings. The molecule has 0 spiro atoms. The van der Waals surface area contributed by atoms with Gasteiger partial charge in [0.25, 0.3) is 0 Å². The van der Waals surface area contributed by atoms with Crippen LogP contribution in [0.15, 0.2) is 61.3 Å². The molecule has 3 heterocycles. The lowest BCUT2D eigenvalue weighted by atomic mass is 10.0. The second-order valence-electron chi connectivity index (χ2n) is 7.60. The molecule has 9 nitrogen and oxygen atoms in total. The zero-order chi connectivity index (χ0) is 25.0. The highest BCUT2D eigenvalue weighted by Gasteiger charge is 2.12. The number of anilines is 2. The maximum atomic E-state index is 14.4. The van der Waals surface area contributed by atoms with Gasteiger partial charge < -0.3 is 15.4 Å². The van der Waals surface area contributed by atoms with Gasteiger partial charge in [-0.3, -0.25) is 14.5 Å². The van der Waals surface area contributed by atoms with Crippen molar-refractivity contribution in [1.29, 1.82) is 0 Å². The minimum absolute atomic E-state index is 0.0592. The molecule has 35 heavy (non-hydrogen) atoms. The van der Waals surface area contributed by atoms with Crippen molar-refractivity contribution >= 4 is 17.9 Å². The number of hydrogen-bond donors (Lipinski definition) is 2. The highest BCUT2D eigenvalue weighted by molar-refractivity contribution is 5.76. The fourth-order valence-corrected chi connectivity index (χ4v) is 3.21. The molecule has 0 atom stereocenters. The summed E-state index contributed by atoms with van der Waals surface area (Å²) in [6.07, 6.45) is 10.2. The summed E-state index contributed by atoms with van der Waals surface area (Å²) in [6, 6.07) is 8.66. The molecule has 4 rings (SSSR count). The van der Waals surface area contributed by atoms with Crippen LogP contribution in [0.2, 0.25) is 0 Å². The molecule has 0 bridgehead atoms. The number of methoxy groups -OCH3 is 1. The second kappa shape index (κ2) is 12.9. The number of rotatable bonds is 9. The van der Waals surface area contributed by atoms with Gasteiger partial charge in [0.05, 0.1) is 31.2 Å². The van der Waals surface area contributed by atoms with Crippen LogP contribution in [0, 0.1) is 5.82 Å². The van der Waals surface area contributed by atoms with E-state index in [0.29, 0.717) is 42.7 Å². The molecule has 0 aliphatic rings. The Morgan fingerprint density at radius 1 is 1.09 bits per heavy atom. The van der Waals surface area contributed by atoms with Crippen molar-refractivity contribution in [2.45, 2.75) is 19.4 Å². The van der Waals surface area contributed by atoms with Crippen LogP contribution in [0.1, 0.15) is 27.2 Å². The number of benzene rings is 1. The minimum atomic E-state index is -0.458. The Hall–Kier alpha value is -4.18. The summed E-state index contributed by atoms with van der Waals surface area (Å²) < 4.78 is 21.2. The predicted molar refractivity (Wildman–Crippen MR) is 132 cm³/mol. The summed E-state index contributed by atoms with van der Waals surface area (Å²) in [7, 11) is 5.12. The Bertz CT molecular complexity index is 1210. The Kier molecular flexibility index (Phi) is 9.38. The molecule has 0 amide bonds. The number of nitrogens with one attached hydrogen (secondary N) is 2. The third kappa shape index (κ3) is 7.41. The molecular formula is C25H28FN7O2. The number of pyridine rings is 1. The average Bonchev–Trinajstić information content (AvgIpc) is 3.32. The summed E-state index contributed by atoms with van der Waals surface area (Å²) in [6.45, 7) is 0.564. The van der Waals surface area contributed by atoms with Gasteiger partial charge in [0.15, 0.2) is 11.6 Å². The zero-order valence-corrected chi connectivity index (χ0v) is 19.9. The van der Waals surface area contributed by atoms with E-state index in [4.69, 9.17) is 4.74 Å². The van der Waals surface area contributed by atoms with Gasteiger partial charge in [0.1, 0.15) is 6.29 Å². The maximum absolute atomic E-state index is 14.4. The summed E-state index contributed by atoms with van der Waals surface area (Å²) in [5.41, 5.74) is 3.30. The lowest BCUT2D eigenvalue weighted by molar-refractivity contribution is 0.112. The van der Waals surface area contributed by atoms with E-state index in [9.17, 15) is 9.18 Å². The number of carbonyl (C=O) groups is 1. The van der Waals surface area contributed by atoms with Crippen LogP contribution in [0.4, 0.5) is 16.0 Å². The molecule has 182 valence electrons. The normalized spacial score (nSPS) is 10.3. The van der Waals surface area contributed by atoms with Crippen LogP contribution in [-0.4, -0.2) is 52.2 Å². The largest absolute Gasteiger partial charge is 0.494 e. The van der Waals surface area contributed by atoms with Gasteiger partial charge in [-0.1, -0.05) is 6.07 Å². The molecule has 10 heteroatoms. The first-order chi connectivity index (χ1) is 17.1. The molecular weight excluding hydrogens is 449 g/mol. The standard InChI is InChI=1S/C23H21FN6O2.C2H7N/c1-32-21-9-17(15-31)8-18(22(21)24)6-5-16-10-26-23(27-11-16)29-20-12-28-30(14-20)13-19-4-2-3-7-25-19;1-3-2/h2-4,7-12,14-15H,5-6,13H2,1H3,(H,26,27,29);3H,1-2H3. The van der Waals surface area contributed by atoms with E-state index in [-0.39, 0.29) is 5.75 Å². The van der Waals surface area contributed by atoms with E-state index in [0.717, 1.165) is 16.9 Å². The minimum Gasteiger partial charge on any atom is -0.494 e. The van der Waals surface area contributed by atoms with Crippen molar-refractivity contribution in [2.24, 2.45) is 0 Å². The van der Waals surface area contributed by atoms with Crippen LogP contribution >= 0.6 is 0 Å². The monoisotopic (exact) mass is 477 g/mol. The number of aldehydes is 1.